The SMILES string of the molecule is CCc1nc(C)cc(Nc2nccc3[nH]c(-c4c(Cl)cc(Cl)cc4Cl)nc23)n1. The monoisotopic (exact) mass is 432 g/mol. The maximum absolute atomic E-state index is 6.34. The molecule has 3 aromatic heterocycles. The number of hydrogen-bond donors (Lipinski definition) is 2. The average Bonchev–Trinajstić information content (AvgIpc) is 3.05. The Labute approximate surface area is 176 Å². The lowest BCUT2D eigenvalue weighted by Gasteiger charge is -2.07. The van der Waals surface area contributed by atoms with E-state index >= 15 is 0 Å². The first kappa shape index (κ1) is 18.9. The number of fused-ring (bicyclic) bond motifs is 1. The van der Waals surface area contributed by atoms with Gasteiger partial charge >= 0.3 is 0 Å². The Morgan fingerprint density at radius 2 is 1.79 bits per heavy atom. The third kappa shape index (κ3) is 3.63. The number of halogens is 3. The molecule has 3 heterocycles. The van der Waals surface area contributed by atoms with Crippen molar-refractivity contribution in [2.24, 2.45) is 0 Å². The summed E-state index contributed by atoms with van der Waals surface area (Å²) >= 11 is 18.7. The molecule has 4 rings (SSSR count). The molecule has 0 saturated carbocycles. The summed E-state index contributed by atoms with van der Waals surface area (Å²) in [7, 11) is 0. The number of pyridine rings is 1. The smallest absolute Gasteiger partial charge is 0.159 e. The minimum Gasteiger partial charge on any atom is -0.338 e. The molecule has 0 atom stereocenters. The Bertz CT molecular complexity index is 1160. The van der Waals surface area contributed by atoms with Crippen LogP contribution < -0.4 is 5.32 Å². The van der Waals surface area contributed by atoms with Gasteiger partial charge < -0.3 is 10.3 Å². The van der Waals surface area contributed by atoms with E-state index in [9.17, 15) is 0 Å². The van der Waals surface area contributed by atoms with Gasteiger partial charge in [-0.25, -0.2) is 19.9 Å². The number of aryl methyl sites for hydroxylation is 2. The highest BCUT2D eigenvalue weighted by atomic mass is 35.5. The maximum Gasteiger partial charge on any atom is 0.159 e. The summed E-state index contributed by atoms with van der Waals surface area (Å²) in [6, 6.07) is 6.95. The van der Waals surface area contributed by atoms with Gasteiger partial charge in [0.2, 0.25) is 0 Å². The third-order valence-electron chi connectivity index (χ3n) is 4.11. The number of aromatic amines is 1. The number of anilines is 2. The van der Waals surface area contributed by atoms with Crippen LogP contribution in [0.4, 0.5) is 11.6 Å². The fourth-order valence-electron chi connectivity index (χ4n) is 2.89. The quantitative estimate of drug-likeness (QED) is 0.413. The van der Waals surface area contributed by atoms with Gasteiger partial charge in [0.05, 0.1) is 21.1 Å². The first-order chi connectivity index (χ1) is 13.4. The highest BCUT2D eigenvalue weighted by Crippen LogP contribution is 2.37. The van der Waals surface area contributed by atoms with E-state index in [1.807, 2.05) is 26.0 Å². The number of rotatable bonds is 4. The standard InChI is InChI=1S/C19H15Cl3N6/c1-3-14-24-9(2)6-15(26-14)27-19-17-13(4-5-23-19)25-18(28-17)16-11(21)7-10(20)8-12(16)22/h4-8H,3H2,1-2H3,(H,25,28)(H,23,24,26,27). The molecular weight excluding hydrogens is 419 g/mol. The van der Waals surface area contributed by atoms with Gasteiger partial charge in [0.1, 0.15) is 23.0 Å². The molecule has 0 unspecified atom stereocenters. The molecular formula is C19H15Cl3N6. The lowest BCUT2D eigenvalue weighted by Crippen LogP contribution is -2.02. The zero-order chi connectivity index (χ0) is 19.8. The average molecular weight is 434 g/mol. The summed E-state index contributed by atoms with van der Waals surface area (Å²) in [5, 5.41) is 4.53. The van der Waals surface area contributed by atoms with Gasteiger partial charge in [0.25, 0.3) is 0 Å². The number of H-pyrrole nitrogens is 1. The van der Waals surface area contributed by atoms with Gasteiger partial charge in [-0.1, -0.05) is 41.7 Å². The van der Waals surface area contributed by atoms with E-state index in [4.69, 9.17) is 34.8 Å². The number of aromatic nitrogens is 5. The first-order valence-corrected chi connectivity index (χ1v) is 9.69. The fourth-order valence-corrected chi connectivity index (χ4v) is 3.88. The molecule has 0 spiro atoms. The van der Waals surface area contributed by atoms with Crippen LogP contribution in [-0.4, -0.2) is 24.9 Å². The van der Waals surface area contributed by atoms with Crippen molar-refractivity contribution in [2.75, 3.05) is 5.32 Å². The van der Waals surface area contributed by atoms with Crippen LogP contribution in [0.5, 0.6) is 0 Å². The zero-order valence-corrected chi connectivity index (χ0v) is 17.3. The van der Waals surface area contributed by atoms with Gasteiger partial charge in [-0.2, -0.15) is 0 Å². The molecule has 0 aliphatic rings. The molecule has 0 aliphatic carbocycles. The molecule has 0 amide bonds. The maximum atomic E-state index is 6.34. The second-order valence-corrected chi connectivity index (χ2v) is 7.43. The van der Waals surface area contributed by atoms with Crippen molar-refractivity contribution in [1.82, 2.24) is 24.9 Å². The van der Waals surface area contributed by atoms with Crippen LogP contribution in [0.1, 0.15) is 18.4 Å². The van der Waals surface area contributed by atoms with Gasteiger partial charge in [-0.05, 0) is 25.1 Å². The van der Waals surface area contributed by atoms with E-state index < -0.39 is 0 Å². The molecule has 6 nitrogen and oxygen atoms in total. The van der Waals surface area contributed by atoms with E-state index in [0.29, 0.717) is 43.6 Å². The Hall–Kier alpha value is -2.41. The predicted octanol–water partition coefficient (Wildman–Crippen LogP) is 5.99. The highest BCUT2D eigenvalue weighted by Gasteiger charge is 2.16. The van der Waals surface area contributed by atoms with Crippen molar-refractivity contribution in [1.29, 1.82) is 0 Å². The number of nitrogens with one attached hydrogen (secondary N) is 2. The van der Waals surface area contributed by atoms with E-state index in [0.717, 1.165) is 23.5 Å². The molecule has 9 heteroatoms. The summed E-state index contributed by atoms with van der Waals surface area (Å²) < 4.78 is 0. The Morgan fingerprint density at radius 3 is 2.50 bits per heavy atom. The minimum absolute atomic E-state index is 0.415. The van der Waals surface area contributed by atoms with Crippen LogP contribution in [0.2, 0.25) is 15.1 Å². The van der Waals surface area contributed by atoms with Crippen molar-refractivity contribution < 1.29 is 0 Å². The second kappa shape index (κ2) is 7.54. The van der Waals surface area contributed by atoms with Gasteiger partial charge in [-0.15, -0.1) is 0 Å². The molecule has 0 radical (unpaired) electrons. The summed E-state index contributed by atoms with van der Waals surface area (Å²) in [5.41, 5.74) is 2.90. The van der Waals surface area contributed by atoms with Crippen molar-refractivity contribution in [3.05, 3.63) is 57.0 Å². The van der Waals surface area contributed by atoms with Gasteiger partial charge in [-0.3, -0.25) is 0 Å². The van der Waals surface area contributed by atoms with E-state index in [1.54, 1.807) is 18.3 Å². The Morgan fingerprint density at radius 1 is 1.04 bits per heavy atom. The predicted molar refractivity (Wildman–Crippen MR) is 114 cm³/mol. The Kier molecular flexibility index (Phi) is 5.10. The largest absolute Gasteiger partial charge is 0.338 e. The molecule has 4 aromatic rings. The lowest BCUT2D eigenvalue weighted by atomic mass is 10.2. The third-order valence-corrected chi connectivity index (χ3v) is 4.92. The van der Waals surface area contributed by atoms with Crippen molar-refractivity contribution in [3.63, 3.8) is 0 Å². The molecule has 28 heavy (non-hydrogen) atoms. The molecule has 0 saturated heterocycles. The van der Waals surface area contributed by atoms with E-state index in [-0.39, 0.29) is 0 Å². The molecule has 0 aliphatic heterocycles. The summed E-state index contributed by atoms with van der Waals surface area (Å²) in [6.45, 7) is 3.94. The van der Waals surface area contributed by atoms with Crippen LogP contribution in [0.15, 0.2) is 30.5 Å². The molecule has 0 bridgehead atoms. The zero-order valence-electron chi connectivity index (χ0n) is 15.0. The van der Waals surface area contributed by atoms with Crippen LogP contribution >= 0.6 is 34.8 Å². The number of imidazole rings is 1. The molecule has 1 aromatic carbocycles. The lowest BCUT2D eigenvalue weighted by molar-refractivity contribution is 0.921. The summed E-state index contributed by atoms with van der Waals surface area (Å²) in [5.74, 6) is 2.53. The number of hydrogen-bond acceptors (Lipinski definition) is 5. The van der Waals surface area contributed by atoms with Gasteiger partial charge in [0.15, 0.2) is 5.82 Å². The first-order valence-electron chi connectivity index (χ1n) is 8.56. The Balaban J connectivity index is 1.79. The van der Waals surface area contributed by atoms with Crippen LogP contribution in [-0.2, 0) is 6.42 Å². The van der Waals surface area contributed by atoms with E-state index in [2.05, 4.69) is 30.2 Å². The normalized spacial score (nSPS) is 11.2. The van der Waals surface area contributed by atoms with Crippen LogP contribution in [0, 0.1) is 6.92 Å². The van der Waals surface area contributed by atoms with E-state index in [1.165, 1.54) is 0 Å². The van der Waals surface area contributed by atoms with Crippen molar-refractivity contribution in [2.45, 2.75) is 20.3 Å². The van der Waals surface area contributed by atoms with Crippen molar-refractivity contribution >= 4 is 57.5 Å². The van der Waals surface area contributed by atoms with Crippen LogP contribution in [0.25, 0.3) is 22.4 Å². The van der Waals surface area contributed by atoms with Crippen molar-refractivity contribution in [3.8, 4) is 11.4 Å². The summed E-state index contributed by atoms with van der Waals surface area (Å²) in [4.78, 5) is 21.2. The fraction of sp³-hybridized carbons (Fsp3) is 0.158. The molecule has 2 N–H and O–H groups in total. The molecule has 0 fully saturated rings. The van der Waals surface area contributed by atoms with Crippen LogP contribution in [0.3, 0.4) is 0 Å². The second-order valence-electron chi connectivity index (χ2n) is 6.17. The minimum atomic E-state index is 0.415. The number of benzene rings is 1. The highest BCUT2D eigenvalue weighted by molar-refractivity contribution is 6.41. The topological polar surface area (TPSA) is 79.4 Å². The van der Waals surface area contributed by atoms with Gasteiger partial charge in [0, 0.05) is 29.4 Å². The summed E-state index contributed by atoms with van der Waals surface area (Å²) in [6.07, 6.45) is 2.43. The number of nitrogens with zero attached hydrogens (tertiary/aromatic N) is 4. The molecule has 142 valence electrons.